The Labute approximate surface area is 495 Å². The van der Waals surface area contributed by atoms with Crippen molar-refractivity contribution in [3.05, 3.63) is 291 Å². The predicted octanol–water partition coefficient (Wildman–Crippen LogP) is 24.0. The van der Waals surface area contributed by atoms with Crippen molar-refractivity contribution in [1.82, 2.24) is 0 Å². The van der Waals surface area contributed by atoms with E-state index in [0.717, 1.165) is 0 Å². The van der Waals surface area contributed by atoms with Gasteiger partial charge in [0.05, 0.1) is 0 Å². The lowest BCUT2D eigenvalue weighted by Gasteiger charge is -2.27. The monoisotopic (exact) mass is 1100 g/mol. The van der Waals surface area contributed by atoms with E-state index >= 15 is 0 Å². The molecule has 2 aliphatic heterocycles. The van der Waals surface area contributed by atoms with Crippen molar-refractivity contribution in [2.45, 2.75) is 19.6 Å². The molecule has 0 spiro atoms. The van der Waals surface area contributed by atoms with Crippen LogP contribution in [0.4, 0.5) is 0 Å². The smallest absolute Gasteiger partial charge is 0.0208 e. The maximum Gasteiger partial charge on any atom is 0.0208 e. The van der Waals surface area contributed by atoms with Gasteiger partial charge in [0, 0.05) is 30.4 Å². The zero-order chi connectivity index (χ0) is 55.0. The first-order valence-electron chi connectivity index (χ1n) is 28.9. The van der Waals surface area contributed by atoms with Crippen LogP contribution in [0.3, 0.4) is 0 Å². The average Bonchev–Trinajstić information content (AvgIpc) is 1.89. The lowest BCUT2D eigenvalue weighted by molar-refractivity contribution is 1.34. The van der Waals surface area contributed by atoms with E-state index in [9.17, 15) is 0 Å². The van der Waals surface area contributed by atoms with Crippen molar-refractivity contribution in [2.24, 2.45) is 0 Å². The minimum Gasteiger partial charge on any atom is -0.0887 e. The Bertz CT molecular complexity index is 5020. The van der Waals surface area contributed by atoms with Crippen LogP contribution in [0.25, 0.3) is 164 Å². The quantitative estimate of drug-likeness (QED) is 0.152. The van der Waals surface area contributed by atoms with Gasteiger partial charge in [0.15, 0.2) is 0 Å². The normalized spacial score (nSPS) is 12.4. The van der Waals surface area contributed by atoms with Gasteiger partial charge in [-0.25, -0.2) is 0 Å². The molecular weight excluding hydrogens is 1050 g/mol. The predicted molar refractivity (Wildman–Crippen MR) is 361 cm³/mol. The second-order valence-corrected chi connectivity index (χ2v) is 24.7. The second kappa shape index (κ2) is 18.8. The van der Waals surface area contributed by atoms with Crippen molar-refractivity contribution in [1.29, 1.82) is 0 Å². The van der Waals surface area contributed by atoms with Gasteiger partial charge in [-0.2, -0.15) is 0 Å². The summed E-state index contributed by atoms with van der Waals surface area (Å²) in [7, 11) is 0. The molecule has 0 nitrogen and oxygen atoms in total. The van der Waals surface area contributed by atoms with Crippen LogP contribution in [-0.2, 0) is 0 Å². The van der Waals surface area contributed by atoms with Crippen LogP contribution >= 0.6 is 23.5 Å². The van der Waals surface area contributed by atoms with Crippen LogP contribution in [0.2, 0.25) is 0 Å². The highest BCUT2D eigenvalue weighted by atomic mass is 32.2. The lowest BCUT2D eigenvalue weighted by atomic mass is 9.85. The van der Waals surface area contributed by atoms with Crippen LogP contribution in [0.5, 0.6) is 0 Å². The molecule has 0 radical (unpaired) electrons. The minimum atomic E-state index is 1.22. The molecule has 0 unspecified atom stereocenters. The largest absolute Gasteiger partial charge is 0.0887 e. The average molecular weight is 1100 g/mol. The Hall–Kier alpha value is -9.96. The molecule has 0 bridgehead atoms. The third-order valence-electron chi connectivity index (χ3n) is 18.0. The van der Waals surface area contributed by atoms with Gasteiger partial charge in [-0.15, -0.1) is 0 Å². The summed E-state index contributed by atoms with van der Waals surface area (Å²) in [5.41, 5.74) is 20.2. The molecule has 0 saturated carbocycles. The second-order valence-electron chi connectivity index (χ2n) is 22.6. The van der Waals surface area contributed by atoms with Crippen LogP contribution in [-0.4, -0.2) is 0 Å². The number of hydrogen-bond acceptors (Lipinski definition) is 2. The Balaban J connectivity index is 0.654. The highest BCUT2D eigenvalue weighted by Crippen LogP contribution is 2.57. The Kier molecular flexibility index (Phi) is 10.7. The molecule has 0 N–H and O–H groups in total. The summed E-state index contributed by atoms with van der Waals surface area (Å²) in [6.45, 7) is 0. The molecule has 0 atom stereocenters. The number of benzene rings is 16. The Morgan fingerprint density at radius 1 is 0.167 bits per heavy atom. The van der Waals surface area contributed by atoms with Crippen molar-refractivity contribution in [2.75, 3.05) is 0 Å². The van der Waals surface area contributed by atoms with E-state index in [1.165, 1.54) is 184 Å². The molecule has 16 aromatic carbocycles. The summed E-state index contributed by atoms with van der Waals surface area (Å²) in [4.78, 5) is 5.24. The van der Waals surface area contributed by atoms with Crippen molar-refractivity contribution in [3.8, 4) is 89.0 Å². The number of fused-ring (bicyclic) bond motifs is 10. The van der Waals surface area contributed by atoms with E-state index in [4.69, 9.17) is 0 Å². The van der Waals surface area contributed by atoms with Crippen LogP contribution in [0.15, 0.2) is 311 Å². The van der Waals surface area contributed by atoms with Crippen molar-refractivity contribution >= 4 is 98.9 Å². The summed E-state index contributed by atoms with van der Waals surface area (Å²) in [6, 6.07) is 109. The maximum absolute atomic E-state index is 2.41. The molecule has 2 aliphatic rings. The van der Waals surface area contributed by atoms with Crippen molar-refractivity contribution < 1.29 is 0 Å². The van der Waals surface area contributed by atoms with Gasteiger partial charge in [0.25, 0.3) is 0 Å². The van der Waals surface area contributed by atoms with Crippen molar-refractivity contribution in [3.63, 3.8) is 0 Å². The van der Waals surface area contributed by atoms with Gasteiger partial charge in [-0.05, 0) is 190 Å². The molecule has 84 heavy (non-hydrogen) atoms. The van der Waals surface area contributed by atoms with Gasteiger partial charge in [0.1, 0.15) is 0 Å². The fourth-order valence-corrected chi connectivity index (χ4v) is 16.5. The minimum absolute atomic E-state index is 1.22. The molecule has 0 fully saturated rings. The van der Waals surface area contributed by atoms with E-state index in [0.29, 0.717) is 0 Å². The summed E-state index contributed by atoms with van der Waals surface area (Å²) in [5, 5.41) is 17.9. The molecular formula is C82H48S2. The van der Waals surface area contributed by atoms with Gasteiger partial charge < -0.3 is 0 Å². The molecule has 0 aromatic heterocycles. The van der Waals surface area contributed by atoms with E-state index < -0.39 is 0 Å². The van der Waals surface area contributed by atoms with E-state index in [2.05, 4.69) is 291 Å². The summed E-state index contributed by atoms with van der Waals surface area (Å²) >= 11 is 3.82. The summed E-state index contributed by atoms with van der Waals surface area (Å²) in [5.74, 6) is 0. The van der Waals surface area contributed by atoms with Gasteiger partial charge in [-0.3, -0.25) is 0 Å². The topological polar surface area (TPSA) is 0 Å². The molecule has 2 heterocycles. The number of rotatable bonds is 6. The standard InChI is InChI=1S/C82H48S2/c1-3-15-55-45-59(35-29-49(55)13-1)79-67-21-9-5-17-63(67)77(64-18-6-10-22-68(64)79)53-31-25-51(26-32-53)57-37-39-61-71-41-42-72-62-40-38-58(48-76(62)84-74-44-43-73(81(71)82(72)74)83-75(61)47-57)52-27-33-54(34-28-52)78-65-19-7-11-23-69(65)80(70-24-12-8-20-66(70)78)60-36-30-50-14-2-4-16-56(50)46-60/h1-48H. The lowest BCUT2D eigenvalue weighted by Crippen LogP contribution is -1.99. The van der Waals surface area contributed by atoms with Gasteiger partial charge >= 0.3 is 0 Å². The van der Waals surface area contributed by atoms with Crippen LogP contribution in [0, 0.1) is 0 Å². The number of hydrogen-bond donors (Lipinski definition) is 0. The molecule has 0 saturated heterocycles. The molecule has 388 valence electrons. The molecule has 0 aliphatic carbocycles. The highest BCUT2D eigenvalue weighted by molar-refractivity contribution is 8.00. The molecule has 18 rings (SSSR count). The molecule has 16 aromatic rings. The van der Waals surface area contributed by atoms with Gasteiger partial charge in [0.2, 0.25) is 0 Å². The third-order valence-corrected chi connectivity index (χ3v) is 20.3. The third kappa shape index (κ3) is 7.37. The first kappa shape index (κ1) is 47.7. The van der Waals surface area contributed by atoms with E-state index in [1.807, 2.05) is 23.5 Å². The Morgan fingerprint density at radius 2 is 0.440 bits per heavy atom. The zero-order valence-corrected chi connectivity index (χ0v) is 47.2. The van der Waals surface area contributed by atoms with E-state index in [-0.39, 0.29) is 0 Å². The van der Waals surface area contributed by atoms with Crippen LogP contribution < -0.4 is 0 Å². The van der Waals surface area contributed by atoms with Gasteiger partial charge in [-0.1, -0.05) is 278 Å². The maximum atomic E-state index is 2.41. The van der Waals surface area contributed by atoms with Crippen LogP contribution in [0.1, 0.15) is 0 Å². The zero-order valence-electron chi connectivity index (χ0n) is 45.5. The first-order chi connectivity index (χ1) is 41.6. The molecule has 0 amide bonds. The fraction of sp³-hybridized carbons (Fsp3) is 0. The highest BCUT2D eigenvalue weighted by Gasteiger charge is 2.28. The Morgan fingerprint density at radius 3 is 0.798 bits per heavy atom. The van der Waals surface area contributed by atoms with E-state index in [1.54, 1.807) is 0 Å². The molecule has 2 heteroatoms. The summed E-state index contributed by atoms with van der Waals surface area (Å²) in [6.07, 6.45) is 0. The summed E-state index contributed by atoms with van der Waals surface area (Å²) < 4.78 is 0. The fourth-order valence-electron chi connectivity index (χ4n) is 14.2. The first-order valence-corrected chi connectivity index (χ1v) is 30.6. The SMILES string of the molecule is c1ccc2cc(-c3c4ccccc4c(-c4ccc(-c5ccc6c(c5)Sc5ccc7c8c(ccc-6c58)-c5ccc(-c6ccc(-c8c9ccccc9c(-c9ccc%10ccccc%10c9)c9ccccc89)cc6)cc5S7)cc4)c4ccccc34)ccc2c1.